The molecule has 3 amide bonds. The molecule has 0 bridgehead atoms. The van der Waals surface area contributed by atoms with Crippen molar-refractivity contribution in [1.29, 1.82) is 0 Å². The van der Waals surface area contributed by atoms with Crippen LogP contribution in [0, 0.1) is 5.82 Å². The molecule has 1 fully saturated rings. The molecule has 1 aliphatic rings. The van der Waals surface area contributed by atoms with Gasteiger partial charge < -0.3 is 24.6 Å². The number of halogens is 1. The second-order valence-electron chi connectivity index (χ2n) is 5.21. The van der Waals surface area contributed by atoms with E-state index in [1.54, 1.807) is 16.7 Å². The molecule has 0 radical (unpaired) electrons. The van der Waals surface area contributed by atoms with Gasteiger partial charge in [0.25, 0.3) is 0 Å². The number of ether oxygens (including phenoxy) is 2. The van der Waals surface area contributed by atoms with Gasteiger partial charge in [0.1, 0.15) is 18.2 Å². The fraction of sp³-hybridized carbons (Fsp3) is 0.500. The van der Waals surface area contributed by atoms with E-state index in [-0.39, 0.29) is 17.9 Å². The van der Waals surface area contributed by atoms with Crippen LogP contribution in [0.1, 0.15) is 6.92 Å². The standard InChI is InChI=1S/C16H22FN3O4/c1-2-23-16(22)20-10-8-19(9-11-20)15(21)18-7-12-24-14-5-3-13(17)4-6-14/h3-6H,2,7-12H2,1H3,(H,18,21). The molecule has 132 valence electrons. The smallest absolute Gasteiger partial charge is 0.409 e. The number of hydrogen-bond acceptors (Lipinski definition) is 4. The van der Waals surface area contributed by atoms with E-state index >= 15 is 0 Å². The van der Waals surface area contributed by atoms with Crippen molar-refractivity contribution in [3.8, 4) is 5.75 Å². The summed E-state index contributed by atoms with van der Waals surface area (Å²) in [4.78, 5) is 26.9. The Balaban J connectivity index is 1.63. The third-order valence-electron chi connectivity index (χ3n) is 3.55. The molecule has 1 aromatic rings. The highest BCUT2D eigenvalue weighted by molar-refractivity contribution is 5.75. The van der Waals surface area contributed by atoms with Crippen LogP contribution in [-0.4, -0.2) is 67.9 Å². The van der Waals surface area contributed by atoms with Crippen molar-refractivity contribution >= 4 is 12.1 Å². The van der Waals surface area contributed by atoms with Crippen LogP contribution in [0.5, 0.6) is 5.75 Å². The SMILES string of the molecule is CCOC(=O)N1CCN(C(=O)NCCOc2ccc(F)cc2)CC1. The lowest BCUT2D eigenvalue weighted by Gasteiger charge is -2.33. The lowest BCUT2D eigenvalue weighted by Crippen LogP contribution is -2.53. The highest BCUT2D eigenvalue weighted by Crippen LogP contribution is 2.10. The molecule has 0 unspecified atom stereocenters. The van der Waals surface area contributed by atoms with Gasteiger partial charge in [-0.05, 0) is 31.2 Å². The third kappa shape index (κ3) is 5.29. The average Bonchev–Trinajstić information content (AvgIpc) is 2.60. The Hall–Kier alpha value is -2.51. The quantitative estimate of drug-likeness (QED) is 0.829. The number of urea groups is 1. The minimum atomic E-state index is -0.342. The molecule has 0 aromatic heterocycles. The number of carbonyl (C=O) groups excluding carboxylic acids is 2. The number of hydrogen-bond donors (Lipinski definition) is 1. The third-order valence-corrected chi connectivity index (χ3v) is 3.55. The Morgan fingerprint density at radius 3 is 2.38 bits per heavy atom. The van der Waals surface area contributed by atoms with E-state index in [2.05, 4.69) is 5.32 Å². The Bertz CT molecular complexity index is 545. The largest absolute Gasteiger partial charge is 0.492 e. The number of carbonyl (C=O) groups is 2. The average molecular weight is 339 g/mol. The van der Waals surface area contributed by atoms with Crippen LogP contribution in [0.15, 0.2) is 24.3 Å². The van der Waals surface area contributed by atoms with Crippen molar-refractivity contribution in [3.05, 3.63) is 30.1 Å². The van der Waals surface area contributed by atoms with E-state index in [0.29, 0.717) is 51.7 Å². The summed E-state index contributed by atoms with van der Waals surface area (Å²) in [5, 5.41) is 2.76. The van der Waals surface area contributed by atoms with E-state index in [0.717, 1.165) is 0 Å². The summed E-state index contributed by atoms with van der Waals surface area (Å²) in [5.74, 6) is 0.228. The summed E-state index contributed by atoms with van der Waals surface area (Å²) in [6.45, 7) is 4.57. The fourth-order valence-electron chi connectivity index (χ4n) is 2.28. The molecule has 0 spiro atoms. The summed E-state index contributed by atoms with van der Waals surface area (Å²) in [6.07, 6.45) is -0.342. The highest BCUT2D eigenvalue weighted by atomic mass is 19.1. The van der Waals surface area contributed by atoms with Gasteiger partial charge >= 0.3 is 12.1 Å². The Morgan fingerprint density at radius 2 is 1.75 bits per heavy atom. The molecule has 0 saturated carbocycles. The van der Waals surface area contributed by atoms with E-state index in [1.165, 1.54) is 24.3 Å². The van der Waals surface area contributed by atoms with E-state index in [1.807, 2.05) is 0 Å². The van der Waals surface area contributed by atoms with Crippen LogP contribution in [0.3, 0.4) is 0 Å². The molecule has 24 heavy (non-hydrogen) atoms. The van der Waals surface area contributed by atoms with Crippen molar-refractivity contribution in [2.75, 3.05) is 45.9 Å². The molecule has 1 N–H and O–H groups in total. The molecule has 7 nitrogen and oxygen atoms in total. The van der Waals surface area contributed by atoms with Gasteiger partial charge in [-0.25, -0.2) is 14.0 Å². The van der Waals surface area contributed by atoms with Crippen molar-refractivity contribution in [2.24, 2.45) is 0 Å². The zero-order valence-corrected chi connectivity index (χ0v) is 13.7. The lowest BCUT2D eigenvalue weighted by atomic mass is 10.3. The van der Waals surface area contributed by atoms with Crippen LogP contribution in [0.4, 0.5) is 14.0 Å². The van der Waals surface area contributed by atoms with Gasteiger partial charge in [-0.1, -0.05) is 0 Å². The number of benzene rings is 1. The first-order valence-electron chi connectivity index (χ1n) is 7.93. The fourth-order valence-corrected chi connectivity index (χ4v) is 2.28. The van der Waals surface area contributed by atoms with Crippen LogP contribution < -0.4 is 10.1 Å². The second kappa shape index (κ2) is 8.95. The summed E-state index contributed by atoms with van der Waals surface area (Å²) < 4.78 is 23.1. The Kier molecular flexibility index (Phi) is 6.65. The first-order valence-corrected chi connectivity index (χ1v) is 7.93. The topological polar surface area (TPSA) is 71.1 Å². The zero-order chi connectivity index (χ0) is 17.4. The van der Waals surface area contributed by atoms with Crippen LogP contribution in [0.25, 0.3) is 0 Å². The molecule has 2 rings (SSSR count). The van der Waals surface area contributed by atoms with Crippen molar-refractivity contribution in [3.63, 3.8) is 0 Å². The number of rotatable bonds is 5. The first-order chi connectivity index (χ1) is 11.6. The van der Waals surface area contributed by atoms with Crippen molar-refractivity contribution < 1.29 is 23.5 Å². The van der Waals surface area contributed by atoms with E-state index in [4.69, 9.17) is 9.47 Å². The highest BCUT2D eigenvalue weighted by Gasteiger charge is 2.24. The van der Waals surface area contributed by atoms with Crippen molar-refractivity contribution in [2.45, 2.75) is 6.92 Å². The monoisotopic (exact) mass is 339 g/mol. The maximum Gasteiger partial charge on any atom is 0.409 e. The molecule has 0 aliphatic carbocycles. The maximum absolute atomic E-state index is 12.8. The number of piperazine rings is 1. The minimum Gasteiger partial charge on any atom is -0.492 e. The molecule has 8 heteroatoms. The molecular weight excluding hydrogens is 317 g/mol. The zero-order valence-electron chi connectivity index (χ0n) is 13.7. The number of nitrogens with zero attached hydrogens (tertiary/aromatic N) is 2. The van der Waals surface area contributed by atoms with Gasteiger partial charge in [0.2, 0.25) is 0 Å². The second-order valence-corrected chi connectivity index (χ2v) is 5.21. The molecule has 1 aromatic carbocycles. The van der Waals surface area contributed by atoms with Gasteiger partial charge in [-0.15, -0.1) is 0 Å². The first kappa shape index (κ1) is 17.8. The molecule has 1 saturated heterocycles. The number of amides is 3. The van der Waals surface area contributed by atoms with Gasteiger partial charge in [0.05, 0.1) is 13.2 Å². The van der Waals surface area contributed by atoms with E-state index in [9.17, 15) is 14.0 Å². The predicted molar refractivity (Wildman–Crippen MR) is 85.5 cm³/mol. The Morgan fingerprint density at radius 1 is 1.12 bits per heavy atom. The molecule has 0 atom stereocenters. The minimum absolute atomic E-state index is 0.193. The predicted octanol–water partition coefficient (Wildman–Crippen LogP) is 1.69. The van der Waals surface area contributed by atoms with Crippen LogP contribution >= 0.6 is 0 Å². The summed E-state index contributed by atoms with van der Waals surface area (Å²) in [5.41, 5.74) is 0. The number of nitrogens with one attached hydrogen (secondary N) is 1. The maximum atomic E-state index is 12.8. The summed E-state index contributed by atoms with van der Waals surface area (Å²) in [6, 6.07) is 5.51. The van der Waals surface area contributed by atoms with Crippen molar-refractivity contribution in [1.82, 2.24) is 15.1 Å². The van der Waals surface area contributed by atoms with Crippen LogP contribution in [-0.2, 0) is 4.74 Å². The van der Waals surface area contributed by atoms with E-state index < -0.39 is 0 Å². The summed E-state index contributed by atoms with van der Waals surface area (Å²) >= 11 is 0. The van der Waals surface area contributed by atoms with Gasteiger partial charge in [-0.3, -0.25) is 0 Å². The van der Waals surface area contributed by atoms with Gasteiger partial charge in [0.15, 0.2) is 0 Å². The summed E-state index contributed by atoms with van der Waals surface area (Å²) in [7, 11) is 0. The molecule has 1 aliphatic heterocycles. The van der Waals surface area contributed by atoms with Gasteiger partial charge in [-0.2, -0.15) is 0 Å². The molecule has 1 heterocycles. The lowest BCUT2D eigenvalue weighted by molar-refractivity contribution is 0.0851. The molecular formula is C16H22FN3O4. The normalized spacial score (nSPS) is 14.2. The van der Waals surface area contributed by atoms with Crippen LogP contribution in [0.2, 0.25) is 0 Å². The van der Waals surface area contributed by atoms with Gasteiger partial charge in [0, 0.05) is 26.2 Å². The Labute approximate surface area is 140 Å².